The highest BCUT2D eigenvalue weighted by atomic mass is 32.2. The van der Waals surface area contributed by atoms with Gasteiger partial charge < -0.3 is 10.1 Å². The summed E-state index contributed by atoms with van der Waals surface area (Å²) in [5, 5.41) is 14.3. The molecule has 0 saturated carbocycles. The average molecular weight is 370 g/mol. The maximum Gasteiger partial charge on any atom is 0.266 e. The lowest BCUT2D eigenvalue weighted by Crippen LogP contribution is -2.11. The summed E-state index contributed by atoms with van der Waals surface area (Å²) in [5.74, 6) is 0.293. The van der Waals surface area contributed by atoms with Gasteiger partial charge in [0.1, 0.15) is 16.6 Å². The zero-order valence-electron chi connectivity index (χ0n) is 13.6. The number of nitrogens with zero attached hydrogens (tertiary/aromatic N) is 3. The normalized spacial score (nSPS) is 10.4. The number of thioether (sulfide) groups is 1. The molecule has 1 aromatic carbocycles. The van der Waals surface area contributed by atoms with Gasteiger partial charge in [-0.1, -0.05) is 0 Å². The van der Waals surface area contributed by atoms with Gasteiger partial charge in [0.15, 0.2) is 0 Å². The van der Waals surface area contributed by atoms with Crippen LogP contribution in [0, 0.1) is 17.6 Å². The standard InChI is InChI=1S/C17H14N4O2S2/c1-3-23-16-13-10(2)14(25-17(13)20-9-19-16)15(22)21-11-4-6-12(7-5-11)24-8-18/h4-7,9H,3H2,1-2H3,(H,21,22). The molecule has 1 N–H and O–H groups in total. The summed E-state index contributed by atoms with van der Waals surface area (Å²) < 4.78 is 5.54. The maximum absolute atomic E-state index is 12.6. The first-order valence-electron chi connectivity index (χ1n) is 7.48. The van der Waals surface area contributed by atoms with Crippen molar-refractivity contribution in [3.63, 3.8) is 0 Å². The lowest BCUT2D eigenvalue weighted by Gasteiger charge is -2.05. The molecule has 126 valence electrons. The van der Waals surface area contributed by atoms with Crippen LogP contribution in [0.1, 0.15) is 22.2 Å². The van der Waals surface area contributed by atoms with Crippen molar-refractivity contribution in [2.75, 3.05) is 11.9 Å². The number of benzene rings is 1. The second-order valence-corrected chi connectivity index (χ2v) is 6.88. The van der Waals surface area contributed by atoms with Crippen LogP contribution in [-0.4, -0.2) is 22.5 Å². The monoisotopic (exact) mass is 370 g/mol. The number of nitriles is 1. The van der Waals surface area contributed by atoms with Gasteiger partial charge in [-0.05, 0) is 55.4 Å². The summed E-state index contributed by atoms with van der Waals surface area (Å²) in [6, 6.07) is 7.12. The van der Waals surface area contributed by atoms with Gasteiger partial charge in [-0.25, -0.2) is 9.97 Å². The summed E-state index contributed by atoms with van der Waals surface area (Å²) in [6.45, 7) is 4.25. The lowest BCUT2D eigenvalue weighted by molar-refractivity contribution is 0.103. The Kier molecular flexibility index (Phi) is 5.16. The molecule has 3 aromatic rings. The van der Waals surface area contributed by atoms with Gasteiger partial charge in [0.2, 0.25) is 5.88 Å². The predicted molar refractivity (Wildman–Crippen MR) is 99.2 cm³/mol. The fourth-order valence-electron chi connectivity index (χ4n) is 2.35. The highest BCUT2D eigenvalue weighted by molar-refractivity contribution is 8.03. The van der Waals surface area contributed by atoms with Crippen LogP contribution in [0.5, 0.6) is 5.88 Å². The number of nitrogens with one attached hydrogen (secondary N) is 1. The van der Waals surface area contributed by atoms with Crippen LogP contribution in [0.4, 0.5) is 5.69 Å². The Balaban J connectivity index is 1.88. The highest BCUT2D eigenvalue weighted by Gasteiger charge is 2.20. The van der Waals surface area contributed by atoms with E-state index < -0.39 is 0 Å². The average Bonchev–Trinajstić information content (AvgIpc) is 2.95. The Hall–Kier alpha value is -2.63. The van der Waals surface area contributed by atoms with E-state index >= 15 is 0 Å². The second-order valence-electron chi connectivity index (χ2n) is 5.02. The molecular formula is C17H14N4O2S2. The second kappa shape index (κ2) is 7.51. The van der Waals surface area contributed by atoms with Gasteiger partial charge >= 0.3 is 0 Å². The van der Waals surface area contributed by atoms with E-state index in [0.29, 0.717) is 23.1 Å². The summed E-state index contributed by atoms with van der Waals surface area (Å²) in [5.41, 5.74) is 1.47. The maximum atomic E-state index is 12.6. The fraction of sp³-hybridized carbons (Fsp3) is 0.176. The Morgan fingerprint density at radius 3 is 2.80 bits per heavy atom. The van der Waals surface area contributed by atoms with Gasteiger partial charge in [-0.15, -0.1) is 11.3 Å². The van der Waals surface area contributed by atoms with E-state index in [4.69, 9.17) is 10.00 Å². The van der Waals surface area contributed by atoms with E-state index in [0.717, 1.165) is 32.4 Å². The minimum absolute atomic E-state index is 0.205. The third kappa shape index (κ3) is 3.57. The molecule has 0 atom stereocenters. The van der Waals surface area contributed by atoms with Gasteiger partial charge in [0.05, 0.1) is 16.9 Å². The van der Waals surface area contributed by atoms with Crippen molar-refractivity contribution in [1.29, 1.82) is 5.26 Å². The van der Waals surface area contributed by atoms with Crippen molar-refractivity contribution < 1.29 is 9.53 Å². The summed E-state index contributed by atoms with van der Waals surface area (Å²) in [4.78, 5) is 23.2. The number of amides is 1. The fourth-order valence-corrected chi connectivity index (χ4v) is 3.76. The third-order valence-corrected chi connectivity index (χ3v) is 5.25. The number of aromatic nitrogens is 2. The number of aryl methyl sites for hydroxylation is 1. The van der Waals surface area contributed by atoms with E-state index in [9.17, 15) is 4.79 Å². The molecule has 25 heavy (non-hydrogen) atoms. The van der Waals surface area contributed by atoms with Crippen LogP contribution < -0.4 is 10.1 Å². The minimum Gasteiger partial charge on any atom is -0.477 e. The van der Waals surface area contributed by atoms with Gasteiger partial charge in [-0.2, -0.15) is 5.26 Å². The number of anilines is 1. The molecule has 3 rings (SSSR count). The van der Waals surface area contributed by atoms with Gasteiger partial charge in [0.25, 0.3) is 5.91 Å². The molecule has 0 spiro atoms. The van der Waals surface area contributed by atoms with Crippen LogP contribution in [-0.2, 0) is 0 Å². The van der Waals surface area contributed by atoms with E-state index in [-0.39, 0.29) is 5.91 Å². The first-order chi connectivity index (χ1) is 12.1. The molecule has 2 aromatic heterocycles. The van der Waals surface area contributed by atoms with Crippen molar-refractivity contribution in [1.82, 2.24) is 9.97 Å². The third-order valence-electron chi connectivity index (χ3n) is 3.46. The SMILES string of the molecule is CCOc1ncnc2sc(C(=O)Nc3ccc(SC#N)cc3)c(C)c12. The molecule has 0 bridgehead atoms. The number of thiophene rings is 1. The Morgan fingerprint density at radius 2 is 2.12 bits per heavy atom. The molecule has 0 unspecified atom stereocenters. The summed E-state index contributed by atoms with van der Waals surface area (Å²) in [7, 11) is 0. The van der Waals surface area contributed by atoms with Crippen molar-refractivity contribution in [2.45, 2.75) is 18.7 Å². The van der Waals surface area contributed by atoms with Crippen LogP contribution >= 0.6 is 23.1 Å². The lowest BCUT2D eigenvalue weighted by atomic mass is 10.2. The summed E-state index contributed by atoms with van der Waals surface area (Å²) in [6.07, 6.45) is 1.44. The smallest absolute Gasteiger partial charge is 0.266 e. The number of carbonyl (C=O) groups is 1. The highest BCUT2D eigenvalue weighted by Crippen LogP contribution is 2.34. The number of carbonyl (C=O) groups excluding carboxylic acids is 1. The number of hydrogen-bond acceptors (Lipinski definition) is 7. The zero-order valence-corrected chi connectivity index (χ0v) is 15.2. The minimum atomic E-state index is -0.205. The molecule has 8 heteroatoms. The number of fused-ring (bicyclic) bond motifs is 1. The molecule has 0 saturated heterocycles. The topological polar surface area (TPSA) is 87.9 Å². The molecule has 0 aliphatic heterocycles. The number of ether oxygens (including phenoxy) is 1. The molecule has 0 aliphatic carbocycles. The number of thiocyanates is 1. The van der Waals surface area contributed by atoms with Crippen molar-refractivity contribution >= 4 is 44.9 Å². The first-order valence-corrected chi connectivity index (χ1v) is 9.11. The molecule has 1 amide bonds. The Morgan fingerprint density at radius 1 is 1.36 bits per heavy atom. The molecule has 2 heterocycles. The van der Waals surface area contributed by atoms with E-state index in [2.05, 4.69) is 15.3 Å². The van der Waals surface area contributed by atoms with Gasteiger partial charge in [-0.3, -0.25) is 4.79 Å². The number of rotatable bonds is 5. The zero-order chi connectivity index (χ0) is 17.8. The quantitative estimate of drug-likeness (QED) is 0.534. The largest absolute Gasteiger partial charge is 0.477 e. The molecule has 0 aliphatic rings. The van der Waals surface area contributed by atoms with Crippen molar-refractivity contribution in [3.8, 4) is 11.3 Å². The molecule has 6 nitrogen and oxygen atoms in total. The van der Waals surface area contributed by atoms with E-state index in [1.165, 1.54) is 17.7 Å². The predicted octanol–water partition coefficient (Wildman–Crippen LogP) is 4.22. The first kappa shape index (κ1) is 17.2. The Bertz CT molecular complexity index is 961. The molecule has 0 radical (unpaired) electrons. The van der Waals surface area contributed by atoms with Crippen LogP contribution in [0.2, 0.25) is 0 Å². The molecule has 0 fully saturated rings. The molecular weight excluding hydrogens is 356 g/mol. The number of hydrogen-bond donors (Lipinski definition) is 1. The van der Waals surface area contributed by atoms with Crippen molar-refractivity contribution in [3.05, 3.63) is 41.0 Å². The van der Waals surface area contributed by atoms with Crippen molar-refractivity contribution in [2.24, 2.45) is 0 Å². The van der Waals surface area contributed by atoms with E-state index in [1.807, 2.05) is 19.2 Å². The van der Waals surface area contributed by atoms with Crippen LogP contribution in [0.25, 0.3) is 10.2 Å². The Labute approximate surface area is 152 Å². The summed E-state index contributed by atoms with van der Waals surface area (Å²) >= 11 is 2.39. The van der Waals surface area contributed by atoms with E-state index in [1.54, 1.807) is 24.3 Å². The van der Waals surface area contributed by atoms with Gasteiger partial charge in [0, 0.05) is 10.6 Å². The van der Waals surface area contributed by atoms with Crippen LogP contribution in [0.15, 0.2) is 35.5 Å². The van der Waals surface area contributed by atoms with Crippen LogP contribution in [0.3, 0.4) is 0 Å².